The van der Waals surface area contributed by atoms with Gasteiger partial charge in [-0.15, -0.1) is 0 Å². The fraction of sp³-hybridized carbons (Fsp3) is 0.250. The number of nitrogens with one attached hydrogen (secondary N) is 2. The highest BCUT2D eigenvalue weighted by Crippen LogP contribution is 2.16. The van der Waals surface area contributed by atoms with E-state index in [0.717, 1.165) is 11.5 Å². The van der Waals surface area contributed by atoms with E-state index in [-0.39, 0.29) is 6.04 Å². The van der Waals surface area contributed by atoms with E-state index < -0.39 is 0 Å². The van der Waals surface area contributed by atoms with Crippen LogP contribution in [0.2, 0.25) is 0 Å². The van der Waals surface area contributed by atoms with Crippen LogP contribution in [0.1, 0.15) is 30.0 Å². The number of aromatic nitrogens is 3. The molecule has 2 N–H and O–H groups in total. The van der Waals surface area contributed by atoms with E-state index in [1.165, 1.54) is 0 Å². The molecule has 2 aromatic rings. The molecule has 2 heterocycles. The van der Waals surface area contributed by atoms with Gasteiger partial charge in [0, 0.05) is 18.1 Å². The Balaban J connectivity index is 2.19. The van der Waals surface area contributed by atoms with Crippen molar-refractivity contribution < 1.29 is 0 Å². The van der Waals surface area contributed by atoms with Gasteiger partial charge in [0.2, 0.25) is 0 Å². The molecule has 5 heteroatoms. The minimum atomic E-state index is 0.0193. The second kappa shape index (κ2) is 4.66. The molecular formula is C12H13N5. The van der Waals surface area contributed by atoms with Crippen LogP contribution >= 0.6 is 0 Å². The maximum absolute atomic E-state index is 8.88. The summed E-state index contributed by atoms with van der Waals surface area (Å²) in [6.45, 7) is 3.85. The number of aryl methyl sites for hydroxylation is 1. The highest BCUT2D eigenvalue weighted by Gasteiger charge is 2.08. The molecule has 0 bridgehead atoms. The standard InChI is InChI=1S/C12H13N5/c1-8-5-10(7-13)6-11(16-8)17-9(2)12-14-3-4-15-12/h3-6,9H,1-2H3,(H,14,15)(H,16,17). The molecule has 0 saturated carbocycles. The smallest absolute Gasteiger partial charge is 0.128 e. The van der Waals surface area contributed by atoms with Gasteiger partial charge in [-0.2, -0.15) is 5.26 Å². The predicted molar refractivity (Wildman–Crippen MR) is 64.3 cm³/mol. The molecule has 86 valence electrons. The minimum Gasteiger partial charge on any atom is -0.360 e. The van der Waals surface area contributed by atoms with Crippen LogP contribution in [-0.4, -0.2) is 15.0 Å². The number of anilines is 1. The molecule has 0 aromatic carbocycles. The summed E-state index contributed by atoms with van der Waals surface area (Å²) in [4.78, 5) is 11.5. The summed E-state index contributed by atoms with van der Waals surface area (Å²) in [6.07, 6.45) is 3.48. The molecule has 0 aliphatic heterocycles. The van der Waals surface area contributed by atoms with Crippen molar-refractivity contribution in [2.45, 2.75) is 19.9 Å². The van der Waals surface area contributed by atoms with Crippen molar-refractivity contribution in [3.05, 3.63) is 41.6 Å². The van der Waals surface area contributed by atoms with Crippen molar-refractivity contribution in [1.82, 2.24) is 15.0 Å². The first-order chi connectivity index (χ1) is 8.19. The minimum absolute atomic E-state index is 0.0193. The molecule has 0 saturated heterocycles. The van der Waals surface area contributed by atoms with Crippen LogP contribution < -0.4 is 5.32 Å². The number of hydrogen-bond donors (Lipinski definition) is 2. The van der Waals surface area contributed by atoms with E-state index in [4.69, 9.17) is 5.26 Å². The van der Waals surface area contributed by atoms with E-state index in [2.05, 4.69) is 26.3 Å². The van der Waals surface area contributed by atoms with Crippen LogP contribution in [0.3, 0.4) is 0 Å². The largest absolute Gasteiger partial charge is 0.360 e. The van der Waals surface area contributed by atoms with Gasteiger partial charge in [-0.05, 0) is 26.0 Å². The lowest BCUT2D eigenvalue weighted by Crippen LogP contribution is -2.10. The first-order valence-electron chi connectivity index (χ1n) is 5.33. The van der Waals surface area contributed by atoms with Gasteiger partial charge in [-0.25, -0.2) is 9.97 Å². The summed E-state index contributed by atoms with van der Waals surface area (Å²) in [5.41, 5.74) is 1.42. The number of aromatic amines is 1. The third-order valence-corrected chi connectivity index (χ3v) is 2.38. The summed E-state index contributed by atoms with van der Waals surface area (Å²) in [5, 5.41) is 12.1. The molecule has 0 fully saturated rings. The Kier molecular flexibility index (Phi) is 3.06. The fourth-order valence-corrected chi connectivity index (χ4v) is 1.61. The van der Waals surface area contributed by atoms with Crippen molar-refractivity contribution in [1.29, 1.82) is 5.26 Å². The van der Waals surface area contributed by atoms with E-state index in [1.807, 2.05) is 13.8 Å². The number of H-pyrrole nitrogens is 1. The van der Waals surface area contributed by atoms with Gasteiger partial charge in [0.15, 0.2) is 0 Å². The van der Waals surface area contributed by atoms with Gasteiger partial charge >= 0.3 is 0 Å². The summed E-state index contributed by atoms with van der Waals surface area (Å²) in [5.74, 6) is 1.53. The maximum atomic E-state index is 8.88. The normalized spacial score (nSPS) is 11.8. The van der Waals surface area contributed by atoms with Crippen molar-refractivity contribution in [3.63, 3.8) is 0 Å². The van der Waals surface area contributed by atoms with Crippen LogP contribution in [0.5, 0.6) is 0 Å². The first kappa shape index (κ1) is 11.1. The van der Waals surface area contributed by atoms with E-state index in [0.29, 0.717) is 11.4 Å². The molecule has 1 atom stereocenters. The molecule has 1 unspecified atom stereocenters. The quantitative estimate of drug-likeness (QED) is 0.842. The number of rotatable bonds is 3. The van der Waals surface area contributed by atoms with Crippen molar-refractivity contribution >= 4 is 5.82 Å². The van der Waals surface area contributed by atoms with Crippen molar-refractivity contribution in [2.75, 3.05) is 5.32 Å². The Morgan fingerprint density at radius 1 is 1.47 bits per heavy atom. The lowest BCUT2D eigenvalue weighted by molar-refractivity contribution is 0.802. The molecule has 5 nitrogen and oxygen atoms in total. The van der Waals surface area contributed by atoms with Gasteiger partial charge < -0.3 is 10.3 Å². The molecule has 0 aliphatic rings. The first-order valence-corrected chi connectivity index (χ1v) is 5.33. The monoisotopic (exact) mass is 227 g/mol. The molecule has 0 aliphatic carbocycles. The zero-order valence-electron chi connectivity index (χ0n) is 9.73. The highest BCUT2D eigenvalue weighted by molar-refractivity contribution is 5.45. The lowest BCUT2D eigenvalue weighted by atomic mass is 10.2. The van der Waals surface area contributed by atoms with E-state index in [9.17, 15) is 0 Å². The van der Waals surface area contributed by atoms with Crippen LogP contribution in [-0.2, 0) is 0 Å². The topological polar surface area (TPSA) is 77.4 Å². The van der Waals surface area contributed by atoms with Crippen molar-refractivity contribution in [3.8, 4) is 6.07 Å². The number of nitrogens with zero attached hydrogens (tertiary/aromatic N) is 3. The summed E-state index contributed by atoms with van der Waals surface area (Å²) < 4.78 is 0. The molecule has 17 heavy (non-hydrogen) atoms. The Bertz CT molecular complexity index is 539. The number of pyridine rings is 1. The van der Waals surface area contributed by atoms with Crippen molar-refractivity contribution in [2.24, 2.45) is 0 Å². The third-order valence-electron chi connectivity index (χ3n) is 2.38. The van der Waals surface area contributed by atoms with Crippen LogP contribution in [0, 0.1) is 18.3 Å². The number of nitriles is 1. The summed E-state index contributed by atoms with van der Waals surface area (Å²) in [7, 11) is 0. The average Bonchev–Trinajstić information content (AvgIpc) is 2.81. The van der Waals surface area contributed by atoms with Gasteiger partial charge in [0.25, 0.3) is 0 Å². The highest BCUT2D eigenvalue weighted by atomic mass is 15.1. The van der Waals surface area contributed by atoms with Crippen LogP contribution in [0.15, 0.2) is 24.5 Å². The molecule has 0 radical (unpaired) electrons. The van der Waals surface area contributed by atoms with Gasteiger partial charge in [0.05, 0.1) is 17.7 Å². The Morgan fingerprint density at radius 3 is 2.94 bits per heavy atom. The van der Waals surface area contributed by atoms with E-state index in [1.54, 1.807) is 24.5 Å². The van der Waals surface area contributed by atoms with Crippen LogP contribution in [0.4, 0.5) is 5.82 Å². The Morgan fingerprint density at radius 2 is 2.29 bits per heavy atom. The second-order valence-corrected chi connectivity index (χ2v) is 3.83. The fourth-order valence-electron chi connectivity index (χ4n) is 1.61. The van der Waals surface area contributed by atoms with Crippen LogP contribution in [0.25, 0.3) is 0 Å². The SMILES string of the molecule is Cc1cc(C#N)cc(NC(C)c2ncc[nH]2)n1. The maximum Gasteiger partial charge on any atom is 0.128 e. The van der Waals surface area contributed by atoms with Gasteiger partial charge in [-0.1, -0.05) is 0 Å². The number of imidazole rings is 1. The van der Waals surface area contributed by atoms with Gasteiger partial charge in [0.1, 0.15) is 11.6 Å². The molecular weight excluding hydrogens is 214 g/mol. The summed E-state index contributed by atoms with van der Waals surface area (Å²) >= 11 is 0. The Hall–Kier alpha value is -2.35. The summed E-state index contributed by atoms with van der Waals surface area (Å²) in [6, 6.07) is 5.61. The zero-order valence-corrected chi connectivity index (χ0v) is 9.73. The van der Waals surface area contributed by atoms with E-state index >= 15 is 0 Å². The zero-order chi connectivity index (χ0) is 12.3. The molecule has 2 aromatic heterocycles. The molecule has 2 rings (SSSR count). The average molecular weight is 227 g/mol. The predicted octanol–water partition coefficient (Wildman–Crippen LogP) is 2.16. The Labute approximate surface area is 99.5 Å². The number of hydrogen-bond acceptors (Lipinski definition) is 4. The molecule has 0 amide bonds. The third kappa shape index (κ3) is 2.61. The van der Waals surface area contributed by atoms with Gasteiger partial charge in [-0.3, -0.25) is 0 Å². The lowest BCUT2D eigenvalue weighted by Gasteiger charge is -2.12. The second-order valence-electron chi connectivity index (χ2n) is 3.83. The molecule has 0 spiro atoms.